The minimum absolute atomic E-state index is 0.0197. The first kappa shape index (κ1) is 28.0. The number of likely N-dealkylation sites (tertiary alicyclic amines) is 1. The molecule has 1 N–H and O–H groups in total. The van der Waals surface area contributed by atoms with E-state index < -0.39 is 24.1 Å². The molecule has 3 rings (SSSR count). The molecule has 3 heterocycles. The lowest BCUT2D eigenvalue weighted by Crippen LogP contribution is -2.63. The van der Waals surface area contributed by atoms with Crippen molar-refractivity contribution in [2.24, 2.45) is 11.8 Å². The van der Waals surface area contributed by atoms with Gasteiger partial charge in [0.15, 0.2) is 0 Å². The van der Waals surface area contributed by atoms with E-state index >= 15 is 0 Å². The molecule has 0 aromatic rings. The van der Waals surface area contributed by atoms with E-state index in [9.17, 15) is 19.5 Å². The van der Waals surface area contributed by atoms with Gasteiger partial charge in [0.25, 0.3) is 0 Å². The van der Waals surface area contributed by atoms with Crippen molar-refractivity contribution in [1.82, 2.24) is 14.7 Å². The average molecular weight is 520 g/mol. The Morgan fingerprint density at radius 3 is 2.53 bits per heavy atom. The Morgan fingerprint density at radius 2 is 1.92 bits per heavy atom. The van der Waals surface area contributed by atoms with E-state index in [1.165, 1.54) is 28.8 Å². The number of hydrogen-bond acceptors (Lipinski definition) is 8. The second kappa shape index (κ2) is 12.1. The summed E-state index contributed by atoms with van der Waals surface area (Å²) in [5.74, 6) is -1.56. The van der Waals surface area contributed by atoms with Gasteiger partial charge in [-0.15, -0.1) is 11.8 Å². The van der Waals surface area contributed by atoms with E-state index in [1.54, 1.807) is 11.8 Å². The Labute approximate surface area is 217 Å². The van der Waals surface area contributed by atoms with Crippen molar-refractivity contribution < 1.29 is 29.0 Å². The van der Waals surface area contributed by atoms with Crippen LogP contribution in [0.25, 0.3) is 0 Å². The van der Waals surface area contributed by atoms with Gasteiger partial charge in [0.1, 0.15) is 18.9 Å². The van der Waals surface area contributed by atoms with Gasteiger partial charge in [0.2, 0.25) is 5.91 Å². The first-order chi connectivity index (χ1) is 17.1. The molecule has 0 saturated carbocycles. The fourth-order valence-electron chi connectivity index (χ4n) is 5.00. The molecular weight excluding hydrogens is 482 g/mol. The maximum Gasteiger partial charge on any atom is 0.410 e. The number of esters is 1. The van der Waals surface area contributed by atoms with Crippen LogP contribution in [0.2, 0.25) is 0 Å². The molecule has 0 unspecified atom stereocenters. The normalized spacial score (nSPS) is 28.4. The van der Waals surface area contributed by atoms with E-state index in [2.05, 4.69) is 13.2 Å². The standard InChI is InChI=1S/C26H37N3O6S/c1-7-12-34-25(32)22-23(16(3)21-20(17(4)30)24(31)29(21)22)36-19-14-18(10-9-11-27(5)6)28(15-19)26(33)35-13-8-2/h7-10,16-21,30H,1-2,11-15H2,3-6H3/b10-9-/t16-,17-,18-,19+,20-,21-/m1/s1. The van der Waals surface area contributed by atoms with Gasteiger partial charge >= 0.3 is 12.1 Å². The zero-order chi connectivity index (χ0) is 26.6. The summed E-state index contributed by atoms with van der Waals surface area (Å²) in [6.07, 6.45) is 6.49. The van der Waals surface area contributed by atoms with Gasteiger partial charge in [0, 0.05) is 29.2 Å². The number of aliphatic hydroxyl groups is 1. The maximum absolute atomic E-state index is 13.0. The molecule has 36 heavy (non-hydrogen) atoms. The summed E-state index contributed by atoms with van der Waals surface area (Å²) in [6, 6.07) is -0.450. The highest BCUT2D eigenvalue weighted by molar-refractivity contribution is 8.03. The van der Waals surface area contributed by atoms with Gasteiger partial charge < -0.3 is 29.3 Å². The summed E-state index contributed by atoms with van der Waals surface area (Å²) < 4.78 is 10.6. The second-order valence-electron chi connectivity index (χ2n) is 9.61. The van der Waals surface area contributed by atoms with Crippen LogP contribution in [0.15, 0.2) is 48.1 Å². The summed E-state index contributed by atoms with van der Waals surface area (Å²) in [4.78, 5) is 44.6. The Balaban J connectivity index is 1.85. The number of ether oxygens (including phenoxy) is 2. The number of fused-ring (bicyclic) bond motifs is 1. The molecule has 0 aromatic carbocycles. The van der Waals surface area contributed by atoms with Gasteiger partial charge in [-0.3, -0.25) is 4.79 Å². The Bertz CT molecular complexity index is 946. The molecule has 3 aliphatic rings. The van der Waals surface area contributed by atoms with Crippen molar-refractivity contribution in [3.05, 3.63) is 48.1 Å². The van der Waals surface area contributed by atoms with Crippen LogP contribution in [-0.4, -0.2) is 102 Å². The number of hydrogen-bond donors (Lipinski definition) is 1. The molecule has 6 atom stereocenters. The van der Waals surface area contributed by atoms with E-state index in [4.69, 9.17) is 9.47 Å². The van der Waals surface area contributed by atoms with Gasteiger partial charge in [-0.25, -0.2) is 9.59 Å². The molecule has 0 radical (unpaired) electrons. The molecule has 0 spiro atoms. The zero-order valence-corrected chi connectivity index (χ0v) is 22.3. The smallest absolute Gasteiger partial charge is 0.410 e. The number of aliphatic hydroxyl groups excluding tert-OH is 1. The number of thioether (sulfide) groups is 1. The van der Waals surface area contributed by atoms with Gasteiger partial charge in [0.05, 0.1) is 24.1 Å². The minimum Gasteiger partial charge on any atom is -0.457 e. The Morgan fingerprint density at radius 1 is 1.25 bits per heavy atom. The number of carbonyl (C=O) groups is 3. The molecule has 0 aromatic heterocycles. The van der Waals surface area contributed by atoms with Crippen molar-refractivity contribution in [1.29, 1.82) is 0 Å². The molecular formula is C26H37N3O6S. The van der Waals surface area contributed by atoms with Gasteiger partial charge in [-0.05, 0) is 27.4 Å². The van der Waals surface area contributed by atoms with Crippen LogP contribution in [0, 0.1) is 11.8 Å². The van der Waals surface area contributed by atoms with Crippen LogP contribution in [0.4, 0.5) is 4.79 Å². The van der Waals surface area contributed by atoms with Crippen molar-refractivity contribution in [3.63, 3.8) is 0 Å². The molecule has 3 aliphatic heterocycles. The Hall–Kier alpha value is -2.56. The SMILES string of the molecule is C=CCOC(=O)C1=C(S[C@H]2C[C@@H](/C=C\CN(C)C)N(C(=O)OCC=C)C2)[C@H](C)[C@@H]2[C@@H]([C@@H](C)O)C(=O)N12. The highest BCUT2D eigenvalue weighted by atomic mass is 32.2. The number of β-lactam (4-membered cyclic amide) rings is 1. The quantitative estimate of drug-likeness (QED) is 0.252. The lowest BCUT2D eigenvalue weighted by molar-refractivity contribution is -0.164. The fraction of sp³-hybridized carbons (Fsp3) is 0.577. The third kappa shape index (κ3) is 5.71. The molecule has 10 heteroatoms. The molecule has 198 valence electrons. The van der Waals surface area contributed by atoms with Crippen LogP contribution < -0.4 is 0 Å². The molecule has 9 nitrogen and oxygen atoms in total. The fourth-order valence-corrected chi connectivity index (χ4v) is 6.53. The maximum atomic E-state index is 13.0. The summed E-state index contributed by atoms with van der Waals surface area (Å²) in [5.41, 5.74) is 0.244. The third-order valence-corrected chi connectivity index (χ3v) is 8.11. The number of carbonyl (C=O) groups excluding carboxylic acids is 3. The van der Waals surface area contributed by atoms with E-state index in [-0.39, 0.29) is 48.1 Å². The summed E-state index contributed by atoms with van der Waals surface area (Å²) in [5, 5.41) is 10.2. The molecule has 0 aliphatic carbocycles. The first-order valence-electron chi connectivity index (χ1n) is 12.2. The Kier molecular flexibility index (Phi) is 9.43. The van der Waals surface area contributed by atoms with Gasteiger partial charge in [-0.1, -0.05) is 44.4 Å². The summed E-state index contributed by atoms with van der Waals surface area (Å²) >= 11 is 1.51. The number of rotatable bonds is 11. The third-order valence-electron chi connectivity index (χ3n) is 6.62. The lowest BCUT2D eigenvalue weighted by atomic mass is 9.79. The predicted octanol–water partition coefficient (Wildman–Crippen LogP) is 2.40. The predicted molar refractivity (Wildman–Crippen MR) is 139 cm³/mol. The summed E-state index contributed by atoms with van der Waals surface area (Å²) in [7, 11) is 3.94. The first-order valence-corrected chi connectivity index (χ1v) is 13.1. The van der Waals surface area contributed by atoms with Gasteiger partial charge in [-0.2, -0.15) is 0 Å². The topological polar surface area (TPSA) is 99.6 Å². The van der Waals surface area contributed by atoms with Crippen LogP contribution in [0.5, 0.6) is 0 Å². The van der Waals surface area contributed by atoms with E-state index in [1.807, 2.05) is 38.1 Å². The molecule has 2 saturated heterocycles. The lowest BCUT2D eigenvalue weighted by Gasteiger charge is -2.46. The highest BCUT2D eigenvalue weighted by Gasteiger charge is 2.60. The number of amides is 2. The molecule has 2 amide bonds. The zero-order valence-electron chi connectivity index (χ0n) is 21.5. The highest BCUT2D eigenvalue weighted by Crippen LogP contribution is 2.52. The molecule has 2 fully saturated rings. The van der Waals surface area contributed by atoms with Crippen molar-refractivity contribution in [2.45, 2.75) is 43.7 Å². The number of nitrogens with zero attached hydrogens (tertiary/aromatic N) is 3. The van der Waals surface area contributed by atoms with Crippen LogP contribution in [0.1, 0.15) is 20.3 Å². The summed E-state index contributed by atoms with van der Waals surface area (Å²) in [6.45, 7) is 12.1. The van der Waals surface area contributed by atoms with Crippen LogP contribution in [0.3, 0.4) is 0 Å². The largest absolute Gasteiger partial charge is 0.457 e. The molecule has 0 bridgehead atoms. The van der Waals surface area contributed by atoms with Crippen molar-refractivity contribution in [2.75, 3.05) is 40.4 Å². The monoisotopic (exact) mass is 519 g/mol. The van der Waals surface area contributed by atoms with E-state index in [0.29, 0.717) is 13.0 Å². The second-order valence-corrected chi connectivity index (χ2v) is 10.9. The van der Waals surface area contributed by atoms with Crippen molar-refractivity contribution in [3.8, 4) is 0 Å². The number of likely N-dealkylation sites (N-methyl/N-ethyl adjacent to an activating group) is 1. The van der Waals surface area contributed by atoms with Crippen LogP contribution >= 0.6 is 11.8 Å². The van der Waals surface area contributed by atoms with Crippen molar-refractivity contribution >= 4 is 29.7 Å². The van der Waals surface area contributed by atoms with Crippen LogP contribution in [-0.2, 0) is 19.1 Å². The average Bonchev–Trinajstić information content (AvgIpc) is 3.32. The van der Waals surface area contributed by atoms with E-state index in [0.717, 1.165) is 11.4 Å². The minimum atomic E-state index is -0.816.